The Morgan fingerprint density at radius 3 is 2.58 bits per heavy atom. The van der Waals surface area contributed by atoms with E-state index in [1.54, 1.807) is 12.1 Å². The van der Waals surface area contributed by atoms with Crippen LogP contribution in [0.3, 0.4) is 0 Å². The van der Waals surface area contributed by atoms with Crippen molar-refractivity contribution in [1.29, 1.82) is 0 Å². The predicted molar refractivity (Wildman–Crippen MR) is 78.2 cm³/mol. The number of hydrogen-bond donors (Lipinski definition) is 1. The maximum atomic E-state index is 13.9. The average molecular weight is 285 g/mol. The van der Waals surface area contributed by atoms with E-state index in [4.69, 9.17) is 11.6 Å². The van der Waals surface area contributed by atoms with E-state index in [0.29, 0.717) is 29.0 Å². The highest BCUT2D eigenvalue weighted by Crippen LogP contribution is 2.24. The van der Waals surface area contributed by atoms with Crippen LogP contribution in [0.2, 0.25) is 5.02 Å². The summed E-state index contributed by atoms with van der Waals surface area (Å²) < 4.78 is 13.9. The molecule has 1 aromatic carbocycles. The van der Waals surface area contributed by atoms with Crippen LogP contribution in [-0.2, 0) is 6.42 Å². The maximum Gasteiger partial charge on any atom is 0.127 e. The first-order chi connectivity index (χ1) is 9.09. The van der Waals surface area contributed by atoms with Crippen molar-refractivity contribution in [3.05, 3.63) is 34.6 Å². The molecule has 0 spiro atoms. The van der Waals surface area contributed by atoms with Gasteiger partial charge in [-0.2, -0.15) is 0 Å². The number of nitrogens with one attached hydrogen (secondary N) is 1. The van der Waals surface area contributed by atoms with Crippen LogP contribution in [0.4, 0.5) is 4.39 Å². The highest BCUT2D eigenvalue weighted by atomic mass is 35.5. The molecule has 1 aromatic rings. The Morgan fingerprint density at radius 2 is 2.00 bits per heavy atom. The summed E-state index contributed by atoms with van der Waals surface area (Å²) in [5.74, 6) is 0.294. The average Bonchev–Trinajstić information content (AvgIpc) is 2.39. The molecular weight excluding hydrogens is 263 g/mol. The highest BCUT2D eigenvalue weighted by molar-refractivity contribution is 6.31. The van der Waals surface area contributed by atoms with Gasteiger partial charge in [0.2, 0.25) is 0 Å². The van der Waals surface area contributed by atoms with Crippen molar-refractivity contribution in [2.75, 3.05) is 26.2 Å². The Balaban J connectivity index is 2.16. The lowest BCUT2D eigenvalue weighted by Gasteiger charge is -2.37. The Morgan fingerprint density at radius 1 is 1.32 bits per heavy atom. The minimum Gasteiger partial charge on any atom is -0.314 e. The van der Waals surface area contributed by atoms with Gasteiger partial charge in [0.1, 0.15) is 5.82 Å². The first-order valence-electron chi connectivity index (χ1n) is 6.97. The molecule has 1 fully saturated rings. The maximum absolute atomic E-state index is 13.9. The molecule has 4 heteroatoms. The third-order valence-corrected chi connectivity index (χ3v) is 4.22. The molecule has 2 nitrogen and oxygen atoms in total. The molecule has 1 N–H and O–H groups in total. The summed E-state index contributed by atoms with van der Waals surface area (Å²) >= 11 is 6.15. The molecule has 0 aliphatic carbocycles. The van der Waals surface area contributed by atoms with E-state index in [2.05, 4.69) is 24.1 Å². The second-order valence-electron chi connectivity index (χ2n) is 5.50. The third kappa shape index (κ3) is 3.68. The van der Waals surface area contributed by atoms with Gasteiger partial charge < -0.3 is 5.32 Å². The van der Waals surface area contributed by atoms with Crippen molar-refractivity contribution >= 4 is 11.6 Å². The first-order valence-corrected chi connectivity index (χ1v) is 7.35. The van der Waals surface area contributed by atoms with Crippen LogP contribution >= 0.6 is 11.6 Å². The molecule has 1 aliphatic heterocycles. The monoisotopic (exact) mass is 284 g/mol. The minimum atomic E-state index is -0.187. The second kappa shape index (κ2) is 6.69. The van der Waals surface area contributed by atoms with E-state index in [-0.39, 0.29) is 5.82 Å². The van der Waals surface area contributed by atoms with E-state index in [9.17, 15) is 4.39 Å². The SMILES string of the molecule is CC(C)C(Cc1c(F)cccc1Cl)N1CCNCC1. The number of piperazine rings is 1. The van der Waals surface area contributed by atoms with Gasteiger partial charge in [0.05, 0.1) is 0 Å². The lowest BCUT2D eigenvalue weighted by Crippen LogP contribution is -2.51. The van der Waals surface area contributed by atoms with E-state index in [0.717, 1.165) is 26.2 Å². The standard InChI is InChI=1S/C15H22ClFN2/c1-11(2)15(19-8-6-18-7-9-19)10-12-13(16)4-3-5-14(12)17/h3-5,11,15,18H,6-10H2,1-2H3. The zero-order chi connectivity index (χ0) is 13.8. The molecule has 0 radical (unpaired) electrons. The molecule has 19 heavy (non-hydrogen) atoms. The van der Waals surface area contributed by atoms with Crippen molar-refractivity contribution in [2.24, 2.45) is 5.92 Å². The largest absolute Gasteiger partial charge is 0.314 e. The van der Waals surface area contributed by atoms with Crippen LogP contribution in [0.15, 0.2) is 18.2 Å². The Kier molecular flexibility index (Phi) is 5.20. The van der Waals surface area contributed by atoms with Gasteiger partial charge in [0, 0.05) is 42.8 Å². The summed E-state index contributed by atoms with van der Waals surface area (Å²) in [5.41, 5.74) is 0.654. The first kappa shape index (κ1) is 14.8. The molecular formula is C15H22ClFN2. The van der Waals surface area contributed by atoms with Crippen molar-refractivity contribution in [3.8, 4) is 0 Å². The van der Waals surface area contributed by atoms with Gasteiger partial charge in [-0.05, 0) is 24.5 Å². The van der Waals surface area contributed by atoms with Gasteiger partial charge in [-0.15, -0.1) is 0 Å². The van der Waals surface area contributed by atoms with Gasteiger partial charge in [-0.3, -0.25) is 4.90 Å². The summed E-state index contributed by atoms with van der Waals surface area (Å²) in [6, 6.07) is 5.28. The number of nitrogens with zero attached hydrogens (tertiary/aromatic N) is 1. The summed E-state index contributed by atoms with van der Waals surface area (Å²) in [5, 5.41) is 3.90. The molecule has 2 rings (SSSR count). The predicted octanol–water partition coefficient (Wildman–Crippen LogP) is 2.95. The smallest absolute Gasteiger partial charge is 0.127 e. The van der Waals surface area contributed by atoms with Crippen molar-refractivity contribution in [3.63, 3.8) is 0 Å². The Labute approximate surface area is 119 Å². The molecule has 1 atom stereocenters. The van der Waals surface area contributed by atoms with Crippen LogP contribution in [0.5, 0.6) is 0 Å². The zero-order valence-corrected chi connectivity index (χ0v) is 12.4. The molecule has 0 bridgehead atoms. The van der Waals surface area contributed by atoms with Crippen LogP contribution < -0.4 is 5.32 Å². The van der Waals surface area contributed by atoms with Crippen molar-refractivity contribution in [1.82, 2.24) is 10.2 Å². The fourth-order valence-corrected chi connectivity index (χ4v) is 2.98. The van der Waals surface area contributed by atoms with E-state index in [1.807, 2.05) is 0 Å². The molecule has 1 heterocycles. The van der Waals surface area contributed by atoms with Gasteiger partial charge in [0.25, 0.3) is 0 Å². The second-order valence-corrected chi connectivity index (χ2v) is 5.91. The van der Waals surface area contributed by atoms with Crippen molar-refractivity contribution < 1.29 is 4.39 Å². The minimum absolute atomic E-state index is 0.187. The van der Waals surface area contributed by atoms with E-state index >= 15 is 0 Å². The topological polar surface area (TPSA) is 15.3 Å². The van der Waals surface area contributed by atoms with Crippen LogP contribution in [0, 0.1) is 11.7 Å². The fourth-order valence-electron chi connectivity index (χ4n) is 2.74. The molecule has 1 aliphatic rings. The van der Waals surface area contributed by atoms with Gasteiger partial charge in [-0.25, -0.2) is 4.39 Å². The summed E-state index contributed by atoms with van der Waals surface area (Å²) in [7, 11) is 0. The lowest BCUT2D eigenvalue weighted by molar-refractivity contribution is 0.135. The molecule has 1 unspecified atom stereocenters. The van der Waals surface area contributed by atoms with Crippen LogP contribution in [0.1, 0.15) is 19.4 Å². The van der Waals surface area contributed by atoms with Gasteiger partial charge >= 0.3 is 0 Å². The van der Waals surface area contributed by atoms with Crippen LogP contribution in [0.25, 0.3) is 0 Å². The molecule has 1 saturated heterocycles. The van der Waals surface area contributed by atoms with Crippen LogP contribution in [-0.4, -0.2) is 37.1 Å². The highest BCUT2D eigenvalue weighted by Gasteiger charge is 2.25. The van der Waals surface area contributed by atoms with E-state index < -0.39 is 0 Å². The van der Waals surface area contributed by atoms with E-state index in [1.165, 1.54) is 6.07 Å². The molecule has 0 aromatic heterocycles. The molecule has 0 saturated carbocycles. The third-order valence-electron chi connectivity index (χ3n) is 3.87. The van der Waals surface area contributed by atoms with Gasteiger partial charge in [0.15, 0.2) is 0 Å². The lowest BCUT2D eigenvalue weighted by atomic mass is 9.94. The molecule has 0 amide bonds. The number of rotatable bonds is 4. The fraction of sp³-hybridized carbons (Fsp3) is 0.600. The molecule has 106 valence electrons. The Bertz CT molecular complexity index is 396. The quantitative estimate of drug-likeness (QED) is 0.914. The normalized spacial score (nSPS) is 18.8. The Hall–Kier alpha value is -0.640. The van der Waals surface area contributed by atoms with Crippen molar-refractivity contribution in [2.45, 2.75) is 26.3 Å². The number of hydrogen-bond acceptors (Lipinski definition) is 2. The number of halogens is 2. The number of benzene rings is 1. The van der Waals surface area contributed by atoms with Gasteiger partial charge in [-0.1, -0.05) is 31.5 Å². The summed E-state index contributed by atoms with van der Waals surface area (Å²) in [6.45, 7) is 8.45. The summed E-state index contributed by atoms with van der Waals surface area (Å²) in [4.78, 5) is 2.45. The zero-order valence-electron chi connectivity index (χ0n) is 11.6. The summed E-state index contributed by atoms with van der Waals surface area (Å²) in [6.07, 6.45) is 0.684.